The van der Waals surface area contributed by atoms with Crippen LogP contribution in [0, 0.1) is 0 Å². The van der Waals surface area contributed by atoms with Crippen LogP contribution in [0.1, 0.15) is 33.3 Å². The van der Waals surface area contributed by atoms with Crippen LogP contribution in [0.25, 0.3) is 0 Å². The van der Waals surface area contributed by atoms with Gasteiger partial charge in [0.05, 0.1) is 24.9 Å². The van der Waals surface area contributed by atoms with Crippen LogP contribution in [0.15, 0.2) is 59.5 Å². The minimum Gasteiger partial charge on any atom is -0.465 e. The van der Waals surface area contributed by atoms with Gasteiger partial charge in [-0.25, -0.2) is 0 Å². The Morgan fingerprint density at radius 1 is 1.06 bits per heavy atom. The summed E-state index contributed by atoms with van der Waals surface area (Å²) >= 11 is 1.54. The van der Waals surface area contributed by atoms with Crippen molar-refractivity contribution in [3.05, 3.63) is 60.2 Å². The van der Waals surface area contributed by atoms with Crippen LogP contribution < -0.4 is 4.90 Å². The van der Waals surface area contributed by atoms with E-state index in [4.69, 9.17) is 9.47 Å². The van der Waals surface area contributed by atoms with Crippen LogP contribution in [0.5, 0.6) is 0 Å². The van der Waals surface area contributed by atoms with Gasteiger partial charge in [-0.2, -0.15) is 0 Å². The van der Waals surface area contributed by atoms with Gasteiger partial charge in [0, 0.05) is 17.2 Å². The lowest BCUT2D eigenvalue weighted by Crippen LogP contribution is -2.52. The topological polar surface area (TPSA) is 76.2 Å². The number of hydrogen-bond donors (Lipinski definition) is 0. The van der Waals surface area contributed by atoms with E-state index >= 15 is 0 Å². The standard InChI is InChI=1S/C26H32N2O5S/c1-5-32-23(29)16-27(15-19-11-7-6-8-12-19)21-18-34-22-14-10-9-13-20(22)28(25(21)31)17-24(30)33-26(2,3)4/h6-14,21H,5,15-18H2,1-4H3/t21-/m0/s1. The summed E-state index contributed by atoms with van der Waals surface area (Å²) in [6.45, 7) is 7.56. The van der Waals surface area contributed by atoms with Crippen molar-refractivity contribution >= 4 is 35.3 Å². The molecule has 1 heterocycles. The second-order valence-electron chi connectivity index (χ2n) is 9.00. The first-order valence-corrected chi connectivity index (χ1v) is 12.3. The van der Waals surface area contributed by atoms with Crippen molar-refractivity contribution in [3.63, 3.8) is 0 Å². The van der Waals surface area contributed by atoms with Gasteiger partial charge in [-0.3, -0.25) is 24.2 Å². The Hall–Kier alpha value is -2.84. The Balaban J connectivity index is 1.93. The second kappa shape index (κ2) is 11.5. The fraction of sp³-hybridized carbons (Fsp3) is 0.423. The molecular formula is C26H32N2O5S. The molecule has 0 fully saturated rings. The normalized spacial score (nSPS) is 16.1. The number of ether oxygens (including phenoxy) is 2. The highest BCUT2D eigenvalue weighted by Crippen LogP contribution is 2.35. The molecule has 182 valence electrons. The molecule has 0 aromatic heterocycles. The Labute approximate surface area is 205 Å². The quantitative estimate of drug-likeness (QED) is 0.526. The molecule has 1 aliphatic rings. The van der Waals surface area contributed by atoms with Crippen LogP contribution in [-0.4, -0.2) is 59.8 Å². The first-order chi connectivity index (χ1) is 16.2. The van der Waals surface area contributed by atoms with E-state index in [2.05, 4.69) is 0 Å². The number of hydrogen-bond acceptors (Lipinski definition) is 7. The van der Waals surface area contributed by atoms with E-state index in [1.807, 2.05) is 59.5 Å². The van der Waals surface area contributed by atoms with Gasteiger partial charge in [0.2, 0.25) is 5.91 Å². The highest BCUT2D eigenvalue weighted by molar-refractivity contribution is 7.99. The molecular weight excluding hydrogens is 452 g/mol. The van der Waals surface area contributed by atoms with Gasteiger partial charge in [-0.15, -0.1) is 11.8 Å². The lowest BCUT2D eigenvalue weighted by atomic mass is 10.1. The first-order valence-electron chi connectivity index (χ1n) is 11.4. The Morgan fingerprint density at radius 2 is 1.74 bits per heavy atom. The van der Waals surface area contributed by atoms with Gasteiger partial charge in [0.25, 0.3) is 0 Å². The fourth-order valence-electron chi connectivity index (χ4n) is 3.74. The number of carbonyl (C=O) groups excluding carboxylic acids is 3. The maximum atomic E-state index is 13.9. The van der Waals surface area contributed by atoms with Crippen molar-refractivity contribution in [1.29, 1.82) is 0 Å². The largest absolute Gasteiger partial charge is 0.465 e. The third kappa shape index (κ3) is 7.08. The predicted octanol–water partition coefficient (Wildman–Crippen LogP) is 3.90. The SMILES string of the molecule is CCOC(=O)CN(Cc1ccccc1)[C@H]1CSc2ccccc2N(CC(=O)OC(C)(C)C)C1=O. The van der Waals surface area contributed by atoms with Crippen molar-refractivity contribution in [3.8, 4) is 0 Å². The Kier molecular flexibility index (Phi) is 8.74. The van der Waals surface area contributed by atoms with Crippen molar-refractivity contribution in [2.24, 2.45) is 0 Å². The van der Waals surface area contributed by atoms with Gasteiger partial charge < -0.3 is 9.47 Å². The molecule has 1 amide bonds. The van der Waals surface area contributed by atoms with Crippen LogP contribution in [-0.2, 0) is 30.4 Å². The number of rotatable bonds is 8. The molecule has 2 aromatic rings. The van der Waals surface area contributed by atoms with E-state index in [-0.39, 0.29) is 25.6 Å². The van der Waals surface area contributed by atoms with E-state index in [0.717, 1.165) is 10.5 Å². The zero-order valence-corrected chi connectivity index (χ0v) is 21.0. The fourth-order valence-corrected chi connectivity index (χ4v) is 4.93. The van der Waals surface area contributed by atoms with Crippen molar-refractivity contribution in [2.75, 3.05) is 30.3 Å². The van der Waals surface area contributed by atoms with Crippen molar-refractivity contribution < 1.29 is 23.9 Å². The predicted molar refractivity (Wildman–Crippen MR) is 133 cm³/mol. The molecule has 0 N–H and O–H groups in total. The van der Waals surface area contributed by atoms with Crippen LogP contribution >= 0.6 is 11.8 Å². The lowest BCUT2D eigenvalue weighted by Gasteiger charge is -2.32. The van der Waals surface area contributed by atoms with Crippen LogP contribution in [0.3, 0.4) is 0 Å². The molecule has 2 aromatic carbocycles. The van der Waals surface area contributed by atoms with E-state index in [0.29, 0.717) is 18.0 Å². The number of amides is 1. The Morgan fingerprint density at radius 3 is 2.41 bits per heavy atom. The number of benzene rings is 2. The van der Waals surface area contributed by atoms with E-state index in [1.54, 1.807) is 27.7 Å². The van der Waals surface area contributed by atoms with E-state index in [9.17, 15) is 14.4 Å². The highest BCUT2D eigenvalue weighted by atomic mass is 32.2. The summed E-state index contributed by atoms with van der Waals surface area (Å²) in [5.41, 5.74) is 0.981. The van der Waals surface area contributed by atoms with Crippen LogP contribution in [0.4, 0.5) is 5.69 Å². The monoisotopic (exact) mass is 484 g/mol. The summed E-state index contributed by atoms with van der Waals surface area (Å²) in [7, 11) is 0. The molecule has 3 rings (SSSR count). The van der Waals surface area contributed by atoms with Crippen molar-refractivity contribution in [1.82, 2.24) is 4.90 Å². The first kappa shape index (κ1) is 25.8. The molecule has 1 aliphatic heterocycles. The summed E-state index contributed by atoms with van der Waals surface area (Å²) in [6, 6.07) is 16.6. The molecule has 0 bridgehead atoms. The van der Waals surface area contributed by atoms with Gasteiger partial charge in [-0.05, 0) is 45.4 Å². The van der Waals surface area contributed by atoms with E-state index < -0.39 is 23.6 Å². The molecule has 1 atom stereocenters. The highest BCUT2D eigenvalue weighted by Gasteiger charge is 2.37. The number of fused-ring (bicyclic) bond motifs is 1. The number of nitrogens with zero attached hydrogens (tertiary/aromatic N) is 2. The molecule has 0 spiro atoms. The summed E-state index contributed by atoms with van der Waals surface area (Å²) in [4.78, 5) is 43.3. The number of esters is 2. The van der Waals surface area contributed by atoms with Gasteiger partial charge in [-0.1, -0.05) is 42.5 Å². The molecule has 0 unspecified atom stereocenters. The average molecular weight is 485 g/mol. The van der Waals surface area contributed by atoms with Gasteiger partial charge in [0.1, 0.15) is 12.1 Å². The van der Waals surface area contributed by atoms with Gasteiger partial charge >= 0.3 is 11.9 Å². The zero-order valence-electron chi connectivity index (χ0n) is 20.2. The minimum atomic E-state index is -0.664. The third-order valence-corrected chi connectivity index (χ3v) is 6.26. The van der Waals surface area contributed by atoms with Crippen molar-refractivity contribution in [2.45, 2.75) is 50.8 Å². The summed E-state index contributed by atoms with van der Waals surface area (Å²) in [5, 5.41) is 0. The molecule has 0 saturated heterocycles. The maximum absolute atomic E-state index is 13.9. The number of thioether (sulfide) groups is 1. The van der Waals surface area contributed by atoms with E-state index in [1.165, 1.54) is 16.7 Å². The molecule has 0 radical (unpaired) electrons. The molecule has 0 saturated carbocycles. The third-order valence-electron chi connectivity index (χ3n) is 5.12. The molecule has 8 heteroatoms. The molecule has 0 aliphatic carbocycles. The maximum Gasteiger partial charge on any atom is 0.326 e. The number of carbonyl (C=O) groups is 3. The summed E-state index contributed by atoms with van der Waals surface area (Å²) in [5.74, 6) is -0.686. The smallest absolute Gasteiger partial charge is 0.326 e. The molecule has 34 heavy (non-hydrogen) atoms. The summed E-state index contributed by atoms with van der Waals surface area (Å²) < 4.78 is 10.7. The average Bonchev–Trinajstić information content (AvgIpc) is 2.90. The minimum absolute atomic E-state index is 0.0314. The molecule has 7 nitrogen and oxygen atoms in total. The van der Waals surface area contributed by atoms with Crippen LogP contribution in [0.2, 0.25) is 0 Å². The van der Waals surface area contributed by atoms with Gasteiger partial charge in [0.15, 0.2) is 0 Å². The number of para-hydroxylation sites is 1. The lowest BCUT2D eigenvalue weighted by molar-refractivity contribution is -0.154. The number of anilines is 1. The second-order valence-corrected chi connectivity index (χ2v) is 10.1. The Bertz CT molecular complexity index is 1010. The zero-order chi connectivity index (χ0) is 24.7. The summed E-state index contributed by atoms with van der Waals surface area (Å²) in [6.07, 6.45) is 0.